The van der Waals surface area contributed by atoms with E-state index in [1.165, 1.54) is 56.2 Å². The van der Waals surface area contributed by atoms with E-state index in [9.17, 15) is 0 Å². The molecule has 1 N–H and O–H groups in total. The summed E-state index contributed by atoms with van der Waals surface area (Å²) in [6, 6.07) is 9.01. The highest BCUT2D eigenvalue weighted by Crippen LogP contribution is 2.25. The Balaban J connectivity index is 1.76. The minimum absolute atomic E-state index is 0.912. The molecule has 0 aliphatic heterocycles. The molecule has 0 amide bonds. The molecule has 0 saturated heterocycles. The lowest BCUT2D eigenvalue weighted by Gasteiger charge is -2.12. The quantitative estimate of drug-likeness (QED) is 0.752. The maximum absolute atomic E-state index is 3.57. The molecule has 1 aromatic carbocycles. The molecule has 0 bridgehead atoms. The molecule has 1 nitrogen and oxygen atoms in total. The summed E-state index contributed by atoms with van der Waals surface area (Å²) in [5, 5.41) is 3.57. The Morgan fingerprint density at radius 3 is 2.47 bits per heavy atom. The van der Waals surface area contributed by atoms with Crippen molar-refractivity contribution in [3.8, 4) is 0 Å². The predicted octanol–water partition coefficient (Wildman–Crippen LogP) is 4.63. The molecule has 2 rings (SSSR count). The Morgan fingerprint density at radius 1 is 1.12 bits per heavy atom. The molecule has 0 atom stereocenters. The van der Waals surface area contributed by atoms with E-state index >= 15 is 0 Å². The van der Waals surface area contributed by atoms with E-state index < -0.39 is 0 Å². The van der Waals surface area contributed by atoms with Crippen LogP contribution in [0.3, 0.4) is 0 Å². The number of anilines is 1. The highest BCUT2D eigenvalue weighted by Gasteiger charge is 2.14. The predicted molar refractivity (Wildman–Crippen MR) is 75.5 cm³/mol. The number of aryl methyl sites for hydroxylation is 1. The van der Waals surface area contributed by atoms with Crippen molar-refractivity contribution < 1.29 is 0 Å². The van der Waals surface area contributed by atoms with Crippen molar-refractivity contribution in [3.05, 3.63) is 29.8 Å². The third-order valence-electron chi connectivity index (χ3n) is 3.84. The fourth-order valence-corrected chi connectivity index (χ4v) is 2.65. The second-order valence-corrected chi connectivity index (χ2v) is 5.33. The first-order valence-electron chi connectivity index (χ1n) is 7.21. The lowest BCUT2D eigenvalue weighted by molar-refractivity contribution is 0.580. The van der Waals surface area contributed by atoms with Gasteiger partial charge < -0.3 is 5.32 Å². The molecule has 1 aromatic rings. The van der Waals surface area contributed by atoms with Crippen LogP contribution >= 0.6 is 0 Å². The molecule has 17 heavy (non-hydrogen) atoms. The molecule has 1 heteroatoms. The van der Waals surface area contributed by atoms with E-state index in [1.807, 2.05) is 0 Å². The van der Waals surface area contributed by atoms with Gasteiger partial charge in [-0.2, -0.15) is 0 Å². The van der Waals surface area contributed by atoms with Gasteiger partial charge in [-0.15, -0.1) is 0 Å². The van der Waals surface area contributed by atoms with Crippen LogP contribution in [0, 0.1) is 5.92 Å². The molecule has 1 aliphatic carbocycles. The number of benzene rings is 1. The summed E-state index contributed by atoms with van der Waals surface area (Å²) in [5.74, 6) is 0.912. The van der Waals surface area contributed by atoms with Gasteiger partial charge >= 0.3 is 0 Å². The SMILES string of the molecule is CCCCc1ccc(NCC2CCCC2)cc1. The lowest BCUT2D eigenvalue weighted by atomic mass is 10.1. The molecule has 0 heterocycles. The molecule has 1 aliphatic rings. The zero-order chi connectivity index (χ0) is 11.9. The van der Waals surface area contributed by atoms with Crippen LogP contribution in [0.2, 0.25) is 0 Å². The zero-order valence-electron chi connectivity index (χ0n) is 11.0. The van der Waals surface area contributed by atoms with Crippen LogP contribution < -0.4 is 5.32 Å². The molecular formula is C16H25N. The van der Waals surface area contributed by atoms with Gasteiger partial charge in [0.1, 0.15) is 0 Å². The van der Waals surface area contributed by atoms with Crippen LogP contribution in [0.25, 0.3) is 0 Å². The summed E-state index contributed by atoms with van der Waals surface area (Å²) >= 11 is 0. The molecular weight excluding hydrogens is 206 g/mol. The Hall–Kier alpha value is -0.980. The number of rotatable bonds is 6. The average Bonchev–Trinajstić information content (AvgIpc) is 2.88. The van der Waals surface area contributed by atoms with E-state index in [0.717, 1.165) is 12.5 Å². The Kier molecular flexibility index (Phi) is 4.90. The van der Waals surface area contributed by atoms with Gasteiger partial charge in [-0.1, -0.05) is 38.3 Å². The molecule has 1 saturated carbocycles. The van der Waals surface area contributed by atoms with Gasteiger partial charge in [-0.25, -0.2) is 0 Å². The third kappa shape index (κ3) is 4.07. The largest absolute Gasteiger partial charge is 0.385 e. The van der Waals surface area contributed by atoms with Gasteiger partial charge in [-0.05, 0) is 49.3 Å². The van der Waals surface area contributed by atoms with Gasteiger partial charge in [0.05, 0.1) is 0 Å². The summed E-state index contributed by atoms with van der Waals surface area (Å²) in [5.41, 5.74) is 2.76. The highest BCUT2D eigenvalue weighted by atomic mass is 14.9. The summed E-state index contributed by atoms with van der Waals surface area (Å²) in [7, 11) is 0. The van der Waals surface area contributed by atoms with Crippen molar-refractivity contribution in [1.82, 2.24) is 0 Å². The lowest BCUT2D eigenvalue weighted by Crippen LogP contribution is -2.10. The van der Waals surface area contributed by atoms with Crippen molar-refractivity contribution in [2.45, 2.75) is 51.9 Å². The number of hydrogen-bond acceptors (Lipinski definition) is 1. The van der Waals surface area contributed by atoms with E-state index in [2.05, 4.69) is 36.5 Å². The van der Waals surface area contributed by atoms with Gasteiger partial charge in [0.25, 0.3) is 0 Å². The summed E-state index contributed by atoms with van der Waals surface area (Å²) in [6.45, 7) is 3.41. The first-order valence-corrected chi connectivity index (χ1v) is 7.21. The molecule has 0 aromatic heterocycles. The second-order valence-electron chi connectivity index (χ2n) is 5.33. The average molecular weight is 231 g/mol. The van der Waals surface area contributed by atoms with Crippen LogP contribution in [-0.2, 0) is 6.42 Å². The van der Waals surface area contributed by atoms with Gasteiger partial charge in [0.15, 0.2) is 0 Å². The van der Waals surface area contributed by atoms with Crippen LogP contribution in [0.1, 0.15) is 51.0 Å². The van der Waals surface area contributed by atoms with Crippen molar-refractivity contribution in [2.75, 3.05) is 11.9 Å². The fourth-order valence-electron chi connectivity index (χ4n) is 2.65. The number of unbranched alkanes of at least 4 members (excludes halogenated alkanes) is 1. The standard InChI is InChI=1S/C16H25N/c1-2-3-6-14-9-11-16(12-10-14)17-13-15-7-4-5-8-15/h9-12,15,17H,2-8,13H2,1H3. The fraction of sp³-hybridized carbons (Fsp3) is 0.625. The van der Waals surface area contributed by atoms with Gasteiger partial charge in [0, 0.05) is 12.2 Å². The highest BCUT2D eigenvalue weighted by molar-refractivity contribution is 5.44. The van der Waals surface area contributed by atoms with E-state index in [0.29, 0.717) is 0 Å². The van der Waals surface area contributed by atoms with Crippen molar-refractivity contribution in [3.63, 3.8) is 0 Å². The smallest absolute Gasteiger partial charge is 0.0340 e. The van der Waals surface area contributed by atoms with Crippen LogP contribution in [0.15, 0.2) is 24.3 Å². The van der Waals surface area contributed by atoms with Crippen LogP contribution in [0.5, 0.6) is 0 Å². The van der Waals surface area contributed by atoms with Gasteiger partial charge in [-0.3, -0.25) is 0 Å². The molecule has 0 unspecified atom stereocenters. The summed E-state index contributed by atoms with van der Waals surface area (Å²) in [4.78, 5) is 0. The Labute approximate surface area is 106 Å². The van der Waals surface area contributed by atoms with Crippen molar-refractivity contribution in [2.24, 2.45) is 5.92 Å². The number of nitrogens with one attached hydrogen (secondary N) is 1. The molecule has 0 spiro atoms. The minimum atomic E-state index is 0.912. The second kappa shape index (κ2) is 6.68. The Bertz CT molecular complexity index is 309. The topological polar surface area (TPSA) is 12.0 Å². The third-order valence-corrected chi connectivity index (χ3v) is 3.84. The minimum Gasteiger partial charge on any atom is -0.385 e. The van der Waals surface area contributed by atoms with Crippen LogP contribution in [-0.4, -0.2) is 6.54 Å². The molecule has 0 radical (unpaired) electrons. The Morgan fingerprint density at radius 2 is 1.82 bits per heavy atom. The van der Waals surface area contributed by atoms with Crippen LogP contribution in [0.4, 0.5) is 5.69 Å². The zero-order valence-corrected chi connectivity index (χ0v) is 11.0. The van der Waals surface area contributed by atoms with Gasteiger partial charge in [0.2, 0.25) is 0 Å². The first kappa shape index (κ1) is 12.5. The van der Waals surface area contributed by atoms with Crippen molar-refractivity contribution in [1.29, 1.82) is 0 Å². The van der Waals surface area contributed by atoms with E-state index in [-0.39, 0.29) is 0 Å². The summed E-state index contributed by atoms with van der Waals surface area (Å²) < 4.78 is 0. The van der Waals surface area contributed by atoms with Crippen molar-refractivity contribution >= 4 is 5.69 Å². The maximum atomic E-state index is 3.57. The van der Waals surface area contributed by atoms with E-state index in [1.54, 1.807) is 0 Å². The number of hydrogen-bond donors (Lipinski definition) is 1. The summed E-state index contributed by atoms with van der Waals surface area (Å²) in [6.07, 6.45) is 9.50. The molecule has 1 fully saturated rings. The first-order chi connectivity index (χ1) is 8.38. The monoisotopic (exact) mass is 231 g/mol. The van der Waals surface area contributed by atoms with E-state index in [4.69, 9.17) is 0 Å². The normalized spacial score (nSPS) is 16.3. The maximum Gasteiger partial charge on any atom is 0.0340 e. The molecule has 94 valence electrons.